The van der Waals surface area contributed by atoms with Crippen molar-refractivity contribution in [1.82, 2.24) is 5.32 Å². The molecule has 0 aromatic heterocycles. The Morgan fingerprint density at radius 2 is 1.88 bits per heavy atom. The summed E-state index contributed by atoms with van der Waals surface area (Å²) in [4.78, 5) is 22.1. The molecule has 0 bridgehead atoms. The molecule has 0 aliphatic heterocycles. The average Bonchev–Trinajstić information content (AvgIpc) is 2.63. The van der Waals surface area contributed by atoms with Gasteiger partial charge < -0.3 is 19.9 Å². The second kappa shape index (κ2) is 9.68. The topological polar surface area (TPSA) is 84.9 Å². The zero-order valence-corrected chi connectivity index (χ0v) is 15.1. The monoisotopic (exact) mass is 377 g/mol. The van der Waals surface area contributed by atoms with E-state index in [1.165, 1.54) is 0 Å². The molecule has 0 atom stereocenters. The predicted molar refractivity (Wildman–Crippen MR) is 97.5 cm³/mol. The Labute approximate surface area is 156 Å². The van der Waals surface area contributed by atoms with Gasteiger partial charge in [-0.2, -0.15) is 0 Å². The minimum Gasteiger partial charge on any atom is -0.493 e. The number of carbonyl (C=O) groups is 2. The Bertz CT molecular complexity index is 778. The van der Waals surface area contributed by atoms with Gasteiger partial charge in [0.2, 0.25) is 5.91 Å². The van der Waals surface area contributed by atoms with Gasteiger partial charge in [-0.15, -0.1) is 0 Å². The molecule has 0 saturated carbocycles. The van der Waals surface area contributed by atoms with E-state index in [0.717, 1.165) is 11.1 Å². The summed E-state index contributed by atoms with van der Waals surface area (Å²) in [5, 5.41) is 11.9. The number of aliphatic carboxylic acids is 1. The maximum Gasteiger partial charge on any atom is 0.303 e. The van der Waals surface area contributed by atoms with E-state index in [2.05, 4.69) is 5.32 Å². The van der Waals surface area contributed by atoms with Crippen molar-refractivity contribution < 1.29 is 24.2 Å². The Hall–Kier alpha value is -2.73. The Kier molecular flexibility index (Phi) is 7.29. The first-order valence-corrected chi connectivity index (χ1v) is 8.38. The van der Waals surface area contributed by atoms with Crippen LogP contribution in [0.25, 0.3) is 0 Å². The SMILES string of the molecule is COc1ccc(CNC(=O)CCC(=O)O)cc1OCc1cccc(Cl)c1. The van der Waals surface area contributed by atoms with Crippen molar-refractivity contribution >= 4 is 23.5 Å². The molecule has 2 aromatic rings. The zero-order valence-electron chi connectivity index (χ0n) is 14.3. The standard InChI is InChI=1S/C19H20ClNO5/c1-25-16-6-5-13(11-21-18(22)7-8-19(23)24)10-17(16)26-12-14-3-2-4-15(20)9-14/h2-6,9-10H,7-8,11-12H2,1H3,(H,21,22)(H,23,24). The molecule has 0 unspecified atom stereocenters. The molecule has 2 aromatic carbocycles. The Morgan fingerprint density at radius 1 is 1.08 bits per heavy atom. The predicted octanol–water partition coefficient (Wildman–Crippen LogP) is 3.41. The van der Waals surface area contributed by atoms with E-state index < -0.39 is 5.97 Å². The molecule has 2 rings (SSSR count). The number of methoxy groups -OCH3 is 1. The number of halogens is 1. The van der Waals surface area contributed by atoms with Crippen LogP contribution in [0.4, 0.5) is 0 Å². The van der Waals surface area contributed by atoms with Crippen molar-refractivity contribution in [3.05, 3.63) is 58.6 Å². The fraction of sp³-hybridized carbons (Fsp3) is 0.263. The maximum absolute atomic E-state index is 11.6. The number of hydrogen-bond acceptors (Lipinski definition) is 4. The summed E-state index contributed by atoms with van der Waals surface area (Å²) < 4.78 is 11.1. The first-order valence-electron chi connectivity index (χ1n) is 8.00. The first kappa shape index (κ1) is 19.6. The number of nitrogens with one attached hydrogen (secondary N) is 1. The molecule has 26 heavy (non-hydrogen) atoms. The van der Waals surface area contributed by atoms with Crippen LogP contribution in [0.3, 0.4) is 0 Å². The fourth-order valence-electron chi connectivity index (χ4n) is 2.24. The fourth-order valence-corrected chi connectivity index (χ4v) is 2.45. The summed E-state index contributed by atoms with van der Waals surface area (Å²) in [6.07, 6.45) is -0.244. The molecule has 0 aliphatic rings. The van der Waals surface area contributed by atoms with E-state index >= 15 is 0 Å². The summed E-state index contributed by atoms with van der Waals surface area (Å²) in [7, 11) is 1.55. The minimum atomic E-state index is -0.999. The lowest BCUT2D eigenvalue weighted by atomic mass is 10.2. The summed E-state index contributed by atoms with van der Waals surface area (Å²) in [6, 6.07) is 12.7. The number of carboxylic acids is 1. The number of carboxylic acid groups (broad SMARTS) is 1. The van der Waals surface area contributed by atoms with Crippen LogP contribution in [0.2, 0.25) is 5.02 Å². The van der Waals surface area contributed by atoms with Crippen LogP contribution in [0, 0.1) is 0 Å². The van der Waals surface area contributed by atoms with Gasteiger partial charge in [0.05, 0.1) is 13.5 Å². The van der Waals surface area contributed by atoms with Gasteiger partial charge in [-0.05, 0) is 35.4 Å². The summed E-state index contributed by atoms with van der Waals surface area (Å²) in [5.41, 5.74) is 1.74. The van der Waals surface area contributed by atoms with Gasteiger partial charge in [-0.3, -0.25) is 9.59 Å². The third kappa shape index (κ3) is 6.29. The molecule has 0 aliphatic carbocycles. The van der Waals surface area contributed by atoms with E-state index in [0.29, 0.717) is 23.1 Å². The normalized spacial score (nSPS) is 10.2. The number of hydrogen-bond donors (Lipinski definition) is 2. The molecule has 138 valence electrons. The molecule has 0 spiro atoms. The van der Waals surface area contributed by atoms with Gasteiger partial charge >= 0.3 is 5.97 Å². The van der Waals surface area contributed by atoms with Crippen molar-refractivity contribution in [2.24, 2.45) is 0 Å². The molecule has 6 nitrogen and oxygen atoms in total. The van der Waals surface area contributed by atoms with Gasteiger partial charge in [-0.1, -0.05) is 29.8 Å². The van der Waals surface area contributed by atoms with E-state index in [1.807, 2.05) is 24.3 Å². The highest BCUT2D eigenvalue weighted by atomic mass is 35.5. The molecule has 0 fully saturated rings. The average molecular weight is 378 g/mol. The second-order valence-corrected chi connectivity index (χ2v) is 6.01. The molecule has 0 heterocycles. The lowest BCUT2D eigenvalue weighted by Gasteiger charge is -2.13. The Morgan fingerprint density at radius 3 is 2.58 bits per heavy atom. The Balaban J connectivity index is 1.98. The van der Waals surface area contributed by atoms with Crippen LogP contribution < -0.4 is 14.8 Å². The molecular weight excluding hydrogens is 358 g/mol. The van der Waals surface area contributed by atoms with Crippen LogP contribution in [0.1, 0.15) is 24.0 Å². The molecule has 2 N–H and O–H groups in total. The van der Waals surface area contributed by atoms with Crippen molar-refractivity contribution in [1.29, 1.82) is 0 Å². The van der Waals surface area contributed by atoms with Crippen LogP contribution in [0.15, 0.2) is 42.5 Å². The second-order valence-electron chi connectivity index (χ2n) is 5.57. The quantitative estimate of drug-likeness (QED) is 0.699. The summed E-state index contributed by atoms with van der Waals surface area (Å²) in [5.74, 6) is -0.191. The molecule has 7 heteroatoms. The lowest BCUT2D eigenvalue weighted by molar-refractivity contribution is -0.138. The minimum absolute atomic E-state index is 0.0520. The summed E-state index contributed by atoms with van der Waals surface area (Å²) >= 11 is 5.97. The van der Waals surface area contributed by atoms with Crippen molar-refractivity contribution in [3.8, 4) is 11.5 Å². The smallest absolute Gasteiger partial charge is 0.303 e. The highest BCUT2D eigenvalue weighted by Gasteiger charge is 2.09. The molecular formula is C19H20ClNO5. The van der Waals surface area contributed by atoms with E-state index in [4.69, 9.17) is 26.2 Å². The van der Waals surface area contributed by atoms with Crippen LogP contribution in [-0.2, 0) is 22.7 Å². The van der Waals surface area contributed by atoms with Gasteiger partial charge in [0.25, 0.3) is 0 Å². The highest BCUT2D eigenvalue weighted by Crippen LogP contribution is 2.29. The van der Waals surface area contributed by atoms with Crippen LogP contribution in [-0.4, -0.2) is 24.1 Å². The summed E-state index contributed by atoms with van der Waals surface area (Å²) in [6.45, 7) is 0.599. The third-order valence-electron chi connectivity index (χ3n) is 3.57. The van der Waals surface area contributed by atoms with Crippen molar-refractivity contribution in [2.45, 2.75) is 26.0 Å². The number of rotatable bonds is 9. The van der Waals surface area contributed by atoms with E-state index in [1.54, 1.807) is 25.3 Å². The van der Waals surface area contributed by atoms with E-state index in [9.17, 15) is 9.59 Å². The molecule has 0 saturated heterocycles. The van der Waals surface area contributed by atoms with Crippen molar-refractivity contribution in [2.75, 3.05) is 7.11 Å². The third-order valence-corrected chi connectivity index (χ3v) is 3.80. The van der Waals surface area contributed by atoms with E-state index in [-0.39, 0.29) is 25.3 Å². The highest BCUT2D eigenvalue weighted by molar-refractivity contribution is 6.30. The lowest BCUT2D eigenvalue weighted by Crippen LogP contribution is -2.23. The number of benzene rings is 2. The van der Waals surface area contributed by atoms with Gasteiger partial charge in [0.1, 0.15) is 6.61 Å². The molecule has 1 amide bonds. The maximum atomic E-state index is 11.6. The van der Waals surface area contributed by atoms with Gasteiger partial charge in [-0.25, -0.2) is 0 Å². The molecule has 0 radical (unpaired) electrons. The number of carbonyl (C=O) groups excluding carboxylic acids is 1. The van der Waals surface area contributed by atoms with Gasteiger partial charge in [0, 0.05) is 18.0 Å². The number of ether oxygens (including phenoxy) is 2. The van der Waals surface area contributed by atoms with Crippen molar-refractivity contribution in [3.63, 3.8) is 0 Å². The van der Waals surface area contributed by atoms with Crippen LogP contribution in [0.5, 0.6) is 11.5 Å². The zero-order chi connectivity index (χ0) is 18.9. The van der Waals surface area contributed by atoms with Gasteiger partial charge in [0.15, 0.2) is 11.5 Å². The first-order chi connectivity index (χ1) is 12.5. The largest absolute Gasteiger partial charge is 0.493 e. The number of amides is 1. The van der Waals surface area contributed by atoms with Crippen LogP contribution >= 0.6 is 11.6 Å².